The first-order valence-corrected chi connectivity index (χ1v) is 11.5. The Hall–Kier alpha value is -0.510. The molecule has 2 atom stereocenters. The SMILES string of the molecule is CCCC[C@H]1CC[C@H](C2CCC([C@H]3CCC[C@@](C)(C#N)C3)CC2)CC1. The summed E-state index contributed by atoms with van der Waals surface area (Å²) >= 11 is 0. The molecule has 0 spiro atoms. The van der Waals surface area contributed by atoms with Crippen LogP contribution in [0.25, 0.3) is 0 Å². The number of rotatable bonds is 5. The van der Waals surface area contributed by atoms with Crippen LogP contribution in [0.5, 0.6) is 0 Å². The molecule has 0 aromatic heterocycles. The summed E-state index contributed by atoms with van der Waals surface area (Å²) in [5.74, 6) is 4.93. The maximum absolute atomic E-state index is 9.50. The van der Waals surface area contributed by atoms with Gasteiger partial charge in [-0.25, -0.2) is 0 Å². The van der Waals surface area contributed by atoms with Crippen LogP contribution in [0.4, 0.5) is 0 Å². The molecule has 0 N–H and O–H groups in total. The van der Waals surface area contributed by atoms with E-state index in [2.05, 4.69) is 19.9 Å². The zero-order valence-electron chi connectivity index (χ0n) is 16.9. The Morgan fingerprint density at radius 3 is 1.96 bits per heavy atom. The van der Waals surface area contributed by atoms with Gasteiger partial charge in [-0.05, 0) is 87.9 Å². The van der Waals surface area contributed by atoms with Gasteiger partial charge in [-0.3, -0.25) is 0 Å². The number of unbranched alkanes of at least 4 members (excludes halogenated alkanes) is 1. The molecular weight excluding hydrogens is 302 g/mol. The lowest BCUT2D eigenvalue weighted by atomic mass is 9.62. The van der Waals surface area contributed by atoms with Gasteiger partial charge < -0.3 is 0 Å². The highest BCUT2D eigenvalue weighted by molar-refractivity contribution is 5.00. The summed E-state index contributed by atoms with van der Waals surface area (Å²) in [6, 6.07) is 2.63. The Balaban J connectivity index is 1.41. The van der Waals surface area contributed by atoms with Crippen LogP contribution in [0.3, 0.4) is 0 Å². The van der Waals surface area contributed by atoms with E-state index < -0.39 is 0 Å². The van der Waals surface area contributed by atoms with Crippen LogP contribution in [0.15, 0.2) is 0 Å². The molecule has 3 rings (SSSR count). The largest absolute Gasteiger partial charge is 0.198 e. The average molecular weight is 344 g/mol. The third-order valence-corrected chi connectivity index (χ3v) is 8.29. The van der Waals surface area contributed by atoms with Gasteiger partial charge in [0.2, 0.25) is 0 Å². The molecule has 0 radical (unpaired) electrons. The molecule has 1 nitrogen and oxygen atoms in total. The summed E-state index contributed by atoms with van der Waals surface area (Å²) in [6.07, 6.45) is 21.3. The van der Waals surface area contributed by atoms with Crippen LogP contribution in [0, 0.1) is 46.3 Å². The number of nitrogens with zero attached hydrogens (tertiary/aromatic N) is 1. The molecule has 0 heterocycles. The van der Waals surface area contributed by atoms with Crippen LogP contribution in [0.1, 0.15) is 110 Å². The third kappa shape index (κ3) is 5.02. The van der Waals surface area contributed by atoms with Crippen molar-refractivity contribution < 1.29 is 0 Å². The molecule has 1 heteroatoms. The van der Waals surface area contributed by atoms with Gasteiger partial charge >= 0.3 is 0 Å². The minimum absolute atomic E-state index is 0.0172. The molecule has 0 unspecified atom stereocenters. The quantitative estimate of drug-likeness (QED) is 0.506. The Morgan fingerprint density at radius 1 is 0.840 bits per heavy atom. The average Bonchev–Trinajstić information content (AvgIpc) is 2.67. The lowest BCUT2D eigenvalue weighted by Gasteiger charge is -2.42. The van der Waals surface area contributed by atoms with Crippen LogP contribution >= 0.6 is 0 Å². The zero-order valence-corrected chi connectivity index (χ0v) is 16.9. The molecule has 0 aromatic carbocycles. The molecule has 0 amide bonds. The lowest BCUT2D eigenvalue weighted by Crippen LogP contribution is -2.32. The normalized spacial score (nSPS) is 42.7. The fraction of sp³-hybridized carbons (Fsp3) is 0.958. The molecule has 142 valence electrons. The highest BCUT2D eigenvalue weighted by Gasteiger charge is 2.38. The Morgan fingerprint density at radius 2 is 1.40 bits per heavy atom. The molecule has 0 bridgehead atoms. The van der Waals surface area contributed by atoms with Crippen molar-refractivity contribution in [3.05, 3.63) is 0 Å². The van der Waals surface area contributed by atoms with Gasteiger partial charge in [-0.2, -0.15) is 5.26 Å². The fourth-order valence-electron chi connectivity index (χ4n) is 6.57. The maximum Gasteiger partial charge on any atom is 0.0686 e. The molecule has 3 saturated carbocycles. The molecule has 0 aliphatic heterocycles. The summed E-state index contributed by atoms with van der Waals surface area (Å²) in [6.45, 7) is 4.54. The number of hydrogen-bond acceptors (Lipinski definition) is 1. The van der Waals surface area contributed by atoms with Gasteiger partial charge in [0.15, 0.2) is 0 Å². The van der Waals surface area contributed by atoms with E-state index in [0.29, 0.717) is 0 Å². The molecule has 3 aliphatic carbocycles. The second kappa shape index (κ2) is 8.92. The summed E-state index contributed by atoms with van der Waals surface area (Å²) in [5, 5.41) is 9.50. The van der Waals surface area contributed by atoms with Gasteiger partial charge in [0.05, 0.1) is 11.5 Å². The fourth-order valence-corrected chi connectivity index (χ4v) is 6.57. The van der Waals surface area contributed by atoms with Crippen molar-refractivity contribution in [2.45, 2.75) is 110 Å². The predicted molar refractivity (Wildman–Crippen MR) is 106 cm³/mol. The molecule has 3 fully saturated rings. The van der Waals surface area contributed by atoms with E-state index in [1.165, 1.54) is 89.9 Å². The maximum atomic E-state index is 9.50. The van der Waals surface area contributed by atoms with E-state index in [1.807, 2.05) is 0 Å². The number of nitriles is 1. The van der Waals surface area contributed by atoms with Gasteiger partial charge in [0, 0.05) is 0 Å². The van der Waals surface area contributed by atoms with Gasteiger partial charge in [0.1, 0.15) is 0 Å². The third-order valence-electron chi connectivity index (χ3n) is 8.29. The zero-order chi connectivity index (χ0) is 17.7. The second-order valence-electron chi connectivity index (χ2n) is 10.1. The van der Waals surface area contributed by atoms with E-state index in [-0.39, 0.29) is 5.41 Å². The van der Waals surface area contributed by atoms with Crippen molar-refractivity contribution in [2.24, 2.45) is 35.0 Å². The van der Waals surface area contributed by atoms with Gasteiger partial charge in [0.25, 0.3) is 0 Å². The van der Waals surface area contributed by atoms with Crippen molar-refractivity contribution >= 4 is 0 Å². The molecular formula is C24H41N. The van der Waals surface area contributed by atoms with E-state index in [1.54, 1.807) is 0 Å². The predicted octanol–water partition coefficient (Wildman–Crippen LogP) is 7.51. The monoisotopic (exact) mass is 343 g/mol. The summed E-state index contributed by atoms with van der Waals surface area (Å²) in [5.41, 5.74) is -0.0172. The van der Waals surface area contributed by atoms with Crippen molar-refractivity contribution in [1.82, 2.24) is 0 Å². The molecule has 3 aliphatic rings. The van der Waals surface area contributed by atoms with Gasteiger partial charge in [-0.15, -0.1) is 0 Å². The highest BCUT2D eigenvalue weighted by Crippen LogP contribution is 2.48. The van der Waals surface area contributed by atoms with Crippen molar-refractivity contribution in [1.29, 1.82) is 5.26 Å². The second-order valence-corrected chi connectivity index (χ2v) is 10.1. The Kier molecular flexibility index (Phi) is 6.87. The first kappa shape index (κ1) is 19.3. The topological polar surface area (TPSA) is 23.8 Å². The van der Waals surface area contributed by atoms with Crippen molar-refractivity contribution in [3.63, 3.8) is 0 Å². The van der Waals surface area contributed by atoms with E-state index in [0.717, 1.165) is 36.0 Å². The minimum atomic E-state index is -0.0172. The van der Waals surface area contributed by atoms with E-state index >= 15 is 0 Å². The molecule has 0 saturated heterocycles. The standard InChI is InChI=1S/C24H41N/c1-3-4-6-19-8-10-20(11-9-19)21-12-14-22(15-13-21)23-7-5-16-24(2,17-23)18-25/h19-23H,3-17H2,1-2H3/t19-,20-,21?,22?,23-,24+/m0/s1. The number of hydrogen-bond donors (Lipinski definition) is 0. The van der Waals surface area contributed by atoms with E-state index in [9.17, 15) is 5.26 Å². The minimum Gasteiger partial charge on any atom is -0.198 e. The van der Waals surface area contributed by atoms with Crippen LogP contribution in [0.2, 0.25) is 0 Å². The summed E-state index contributed by atoms with van der Waals surface area (Å²) in [7, 11) is 0. The smallest absolute Gasteiger partial charge is 0.0686 e. The Bertz CT molecular complexity index is 434. The van der Waals surface area contributed by atoms with Crippen LogP contribution < -0.4 is 0 Å². The van der Waals surface area contributed by atoms with E-state index in [4.69, 9.17) is 0 Å². The Labute approximate surface area is 157 Å². The summed E-state index contributed by atoms with van der Waals surface area (Å²) in [4.78, 5) is 0. The van der Waals surface area contributed by atoms with Crippen LogP contribution in [-0.2, 0) is 0 Å². The molecule has 25 heavy (non-hydrogen) atoms. The summed E-state index contributed by atoms with van der Waals surface area (Å²) < 4.78 is 0. The van der Waals surface area contributed by atoms with Crippen molar-refractivity contribution in [3.8, 4) is 6.07 Å². The molecule has 0 aromatic rings. The van der Waals surface area contributed by atoms with Crippen LogP contribution in [-0.4, -0.2) is 0 Å². The first-order chi connectivity index (χ1) is 12.1. The van der Waals surface area contributed by atoms with Gasteiger partial charge in [-0.1, -0.05) is 51.9 Å². The first-order valence-electron chi connectivity index (χ1n) is 11.5. The van der Waals surface area contributed by atoms with Crippen molar-refractivity contribution in [2.75, 3.05) is 0 Å². The lowest BCUT2D eigenvalue weighted by molar-refractivity contribution is 0.0900. The highest BCUT2D eigenvalue weighted by atomic mass is 14.4.